The second-order valence-corrected chi connectivity index (χ2v) is 4.77. The first-order valence-corrected chi connectivity index (χ1v) is 6.20. The number of Topliss-reactive ketones (excluding diaryl/α,β-unsaturated/α-hetero) is 1. The summed E-state index contributed by atoms with van der Waals surface area (Å²) in [4.78, 5) is 22.4. The summed E-state index contributed by atoms with van der Waals surface area (Å²) < 4.78 is 0. The molecular weight excluding hydrogens is 218 g/mol. The fraction of sp³-hybridized carbons (Fsp3) is 0.833. The summed E-state index contributed by atoms with van der Waals surface area (Å²) in [7, 11) is 0. The van der Waals surface area contributed by atoms with E-state index in [9.17, 15) is 9.59 Å². The van der Waals surface area contributed by atoms with E-state index in [4.69, 9.17) is 5.84 Å². The molecular formula is C12H25N3O2. The van der Waals surface area contributed by atoms with Gasteiger partial charge in [-0.2, -0.15) is 0 Å². The Bertz CT molecular complexity index is 242. The van der Waals surface area contributed by atoms with Crippen LogP contribution >= 0.6 is 0 Å². The molecule has 0 aliphatic rings. The lowest BCUT2D eigenvalue weighted by molar-refractivity contribution is -0.122. The second kappa shape index (κ2) is 9.13. The maximum Gasteiger partial charge on any atom is 0.220 e. The number of ketones is 1. The van der Waals surface area contributed by atoms with E-state index in [0.29, 0.717) is 25.3 Å². The number of nitrogens with one attached hydrogen (secondary N) is 2. The van der Waals surface area contributed by atoms with Crippen molar-refractivity contribution in [2.24, 2.45) is 11.8 Å². The van der Waals surface area contributed by atoms with Crippen molar-refractivity contribution in [3.8, 4) is 0 Å². The molecule has 5 heteroatoms. The molecule has 17 heavy (non-hydrogen) atoms. The average Bonchev–Trinajstić information content (AvgIpc) is 2.21. The van der Waals surface area contributed by atoms with Gasteiger partial charge < -0.3 is 5.32 Å². The second-order valence-electron chi connectivity index (χ2n) is 4.77. The number of carbonyl (C=O) groups excluding carboxylic acids is 2. The Balaban J connectivity index is 3.52. The van der Waals surface area contributed by atoms with Crippen molar-refractivity contribution in [3.05, 3.63) is 0 Å². The van der Waals surface area contributed by atoms with E-state index in [-0.39, 0.29) is 17.7 Å². The molecule has 0 heterocycles. The van der Waals surface area contributed by atoms with Crippen LogP contribution in [0.15, 0.2) is 0 Å². The highest BCUT2D eigenvalue weighted by Gasteiger charge is 2.10. The maximum absolute atomic E-state index is 11.3. The number of hydrogen-bond donors (Lipinski definition) is 3. The lowest BCUT2D eigenvalue weighted by Crippen LogP contribution is -2.40. The zero-order valence-corrected chi connectivity index (χ0v) is 11.1. The molecule has 0 saturated heterocycles. The van der Waals surface area contributed by atoms with Gasteiger partial charge in [0.25, 0.3) is 0 Å². The molecule has 1 unspecified atom stereocenters. The molecule has 0 bridgehead atoms. The Morgan fingerprint density at radius 1 is 1.24 bits per heavy atom. The van der Waals surface area contributed by atoms with E-state index in [1.807, 2.05) is 13.8 Å². The van der Waals surface area contributed by atoms with Crippen LogP contribution in [0.2, 0.25) is 0 Å². The van der Waals surface area contributed by atoms with Crippen LogP contribution < -0.4 is 16.6 Å². The number of rotatable bonds is 9. The minimum Gasteiger partial charge on any atom is -0.356 e. The third-order valence-corrected chi connectivity index (χ3v) is 2.53. The Labute approximate surface area is 103 Å². The molecule has 0 radical (unpaired) electrons. The van der Waals surface area contributed by atoms with E-state index in [1.54, 1.807) is 0 Å². The number of unbranched alkanes of at least 4 members (excludes halogenated alkanes) is 1. The molecule has 0 saturated carbocycles. The van der Waals surface area contributed by atoms with Crippen LogP contribution in [0.25, 0.3) is 0 Å². The van der Waals surface area contributed by atoms with Gasteiger partial charge in [0.2, 0.25) is 5.91 Å². The van der Waals surface area contributed by atoms with Crippen LogP contribution in [-0.4, -0.2) is 24.3 Å². The average molecular weight is 243 g/mol. The Morgan fingerprint density at radius 2 is 1.88 bits per heavy atom. The van der Waals surface area contributed by atoms with Gasteiger partial charge in [0.15, 0.2) is 0 Å². The van der Waals surface area contributed by atoms with Crippen molar-refractivity contribution in [3.63, 3.8) is 0 Å². The highest BCUT2D eigenvalue weighted by molar-refractivity contribution is 5.81. The zero-order chi connectivity index (χ0) is 13.3. The van der Waals surface area contributed by atoms with Crippen molar-refractivity contribution in [2.45, 2.75) is 52.5 Å². The summed E-state index contributed by atoms with van der Waals surface area (Å²) in [6, 6.07) is -0.263. The summed E-state index contributed by atoms with van der Waals surface area (Å²) in [6.45, 7) is 6.23. The monoisotopic (exact) mass is 243 g/mol. The van der Waals surface area contributed by atoms with Gasteiger partial charge in [-0.25, -0.2) is 5.43 Å². The topological polar surface area (TPSA) is 84.2 Å². The molecule has 0 fully saturated rings. The van der Waals surface area contributed by atoms with Crippen molar-refractivity contribution in [1.29, 1.82) is 0 Å². The van der Waals surface area contributed by atoms with E-state index in [2.05, 4.69) is 10.7 Å². The normalized spacial score (nSPS) is 12.5. The van der Waals surface area contributed by atoms with Gasteiger partial charge in [0.05, 0.1) is 6.04 Å². The highest BCUT2D eigenvalue weighted by atomic mass is 16.1. The fourth-order valence-corrected chi connectivity index (χ4v) is 1.55. The van der Waals surface area contributed by atoms with E-state index < -0.39 is 0 Å². The van der Waals surface area contributed by atoms with Crippen molar-refractivity contribution < 1.29 is 9.59 Å². The standard InChI is InChI=1S/C12H25N3O2/c1-9(2)8-12(17)14-7-5-4-6-11(15-13)10(3)16/h9,11,15H,4-8,13H2,1-3H3,(H,14,17). The summed E-state index contributed by atoms with van der Waals surface area (Å²) in [5.41, 5.74) is 2.49. The lowest BCUT2D eigenvalue weighted by Gasteiger charge is -2.12. The molecule has 100 valence electrons. The molecule has 0 aromatic rings. The van der Waals surface area contributed by atoms with Crippen LogP contribution in [0.4, 0.5) is 0 Å². The van der Waals surface area contributed by atoms with Crippen molar-refractivity contribution in [2.75, 3.05) is 6.54 Å². The quantitative estimate of drug-likeness (QED) is 0.317. The third kappa shape index (κ3) is 8.83. The van der Waals surface area contributed by atoms with Gasteiger partial charge >= 0.3 is 0 Å². The molecule has 0 aromatic carbocycles. The highest BCUT2D eigenvalue weighted by Crippen LogP contribution is 2.02. The zero-order valence-electron chi connectivity index (χ0n) is 11.1. The van der Waals surface area contributed by atoms with E-state index >= 15 is 0 Å². The number of hydrazine groups is 1. The van der Waals surface area contributed by atoms with Crippen molar-refractivity contribution in [1.82, 2.24) is 10.7 Å². The fourth-order valence-electron chi connectivity index (χ4n) is 1.55. The van der Waals surface area contributed by atoms with Crippen LogP contribution in [-0.2, 0) is 9.59 Å². The molecule has 1 atom stereocenters. The number of hydrogen-bond acceptors (Lipinski definition) is 4. The van der Waals surface area contributed by atoms with Crippen LogP contribution in [0, 0.1) is 5.92 Å². The first kappa shape index (κ1) is 16.1. The van der Waals surface area contributed by atoms with Gasteiger partial charge in [0.1, 0.15) is 5.78 Å². The van der Waals surface area contributed by atoms with E-state index in [0.717, 1.165) is 12.8 Å². The summed E-state index contributed by atoms with van der Waals surface area (Å²) in [5.74, 6) is 5.79. The summed E-state index contributed by atoms with van der Waals surface area (Å²) >= 11 is 0. The minimum atomic E-state index is -0.263. The Kier molecular flexibility index (Phi) is 8.62. The van der Waals surface area contributed by atoms with Gasteiger partial charge in [-0.3, -0.25) is 15.4 Å². The molecule has 0 aromatic heterocycles. The molecule has 0 spiro atoms. The van der Waals surface area contributed by atoms with Gasteiger partial charge in [-0.1, -0.05) is 13.8 Å². The first-order chi connectivity index (χ1) is 7.97. The molecule has 0 rings (SSSR count). The maximum atomic E-state index is 11.3. The largest absolute Gasteiger partial charge is 0.356 e. The Morgan fingerprint density at radius 3 is 2.35 bits per heavy atom. The van der Waals surface area contributed by atoms with Gasteiger partial charge in [0, 0.05) is 13.0 Å². The number of nitrogens with two attached hydrogens (primary N) is 1. The smallest absolute Gasteiger partial charge is 0.220 e. The predicted octanol–water partition coefficient (Wildman–Crippen LogP) is 0.740. The van der Waals surface area contributed by atoms with Gasteiger partial charge in [-0.15, -0.1) is 0 Å². The Hall–Kier alpha value is -0.940. The summed E-state index contributed by atoms with van der Waals surface area (Å²) in [6.07, 6.45) is 3.03. The predicted molar refractivity (Wildman–Crippen MR) is 68.1 cm³/mol. The molecule has 5 nitrogen and oxygen atoms in total. The van der Waals surface area contributed by atoms with Crippen LogP contribution in [0.3, 0.4) is 0 Å². The third-order valence-electron chi connectivity index (χ3n) is 2.53. The minimum absolute atomic E-state index is 0.0522. The first-order valence-electron chi connectivity index (χ1n) is 6.20. The molecule has 4 N–H and O–H groups in total. The lowest BCUT2D eigenvalue weighted by atomic mass is 10.1. The van der Waals surface area contributed by atoms with Crippen LogP contribution in [0.5, 0.6) is 0 Å². The van der Waals surface area contributed by atoms with E-state index in [1.165, 1.54) is 6.92 Å². The number of carbonyl (C=O) groups is 2. The number of amides is 1. The van der Waals surface area contributed by atoms with Gasteiger partial charge in [-0.05, 0) is 32.1 Å². The summed E-state index contributed by atoms with van der Waals surface area (Å²) in [5, 5.41) is 2.86. The SMILES string of the molecule is CC(=O)C(CCCCNC(=O)CC(C)C)NN. The molecule has 0 aliphatic heterocycles. The van der Waals surface area contributed by atoms with Crippen molar-refractivity contribution >= 4 is 11.7 Å². The van der Waals surface area contributed by atoms with Crippen LogP contribution in [0.1, 0.15) is 46.5 Å². The molecule has 1 amide bonds. The molecule has 0 aliphatic carbocycles.